The average molecular weight is 461 g/mol. The predicted octanol–water partition coefficient (Wildman–Crippen LogP) is 4.05. The highest BCUT2D eigenvalue weighted by molar-refractivity contribution is 7.87. The Morgan fingerprint density at radius 1 is 1.16 bits per heavy atom. The largest absolute Gasteiger partial charge is 0.534 e. The van der Waals surface area contributed by atoms with E-state index in [1.807, 2.05) is 0 Å². The minimum Gasteiger partial charge on any atom is -0.483 e. The van der Waals surface area contributed by atoms with Gasteiger partial charge < -0.3 is 13.7 Å². The molecule has 0 amide bonds. The first kappa shape index (κ1) is 22.5. The summed E-state index contributed by atoms with van der Waals surface area (Å²) < 4.78 is 90.4. The van der Waals surface area contributed by atoms with E-state index in [9.17, 15) is 30.8 Å². The van der Waals surface area contributed by atoms with E-state index in [1.54, 1.807) is 0 Å². The second kappa shape index (κ2) is 7.52. The van der Waals surface area contributed by atoms with Crippen LogP contribution in [0, 0.1) is 5.82 Å². The number of nitrogens with zero attached hydrogens (tertiary/aromatic N) is 1. The fourth-order valence-electron chi connectivity index (χ4n) is 2.77. The maximum Gasteiger partial charge on any atom is 0.534 e. The minimum absolute atomic E-state index is 0.0158. The molecule has 0 bridgehead atoms. The second-order valence-corrected chi connectivity index (χ2v) is 8.49. The number of ether oxygens (including phenoxy) is 2. The van der Waals surface area contributed by atoms with Crippen LogP contribution in [0.4, 0.5) is 17.6 Å². The van der Waals surface area contributed by atoms with Crippen LogP contribution in [0.3, 0.4) is 0 Å². The number of methoxy groups -OCH3 is 1. The molecule has 166 valence electrons. The summed E-state index contributed by atoms with van der Waals surface area (Å²) in [5.41, 5.74) is -7.06. The molecule has 2 aromatic rings. The Morgan fingerprint density at radius 3 is 2.39 bits per heavy atom. The fraction of sp³-hybridized carbons (Fsp3) is 0.263. The van der Waals surface area contributed by atoms with Gasteiger partial charge in [-0.05, 0) is 32.0 Å². The van der Waals surface area contributed by atoms with Crippen LogP contribution in [-0.4, -0.2) is 37.6 Å². The lowest BCUT2D eigenvalue weighted by Crippen LogP contribution is -2.31. The summed E-state index contributed by atoms with van der Waals surface area (Å²) >= 11 is 0. The zero-order chi connectivity index (χ0) is 23.2. The van der Waals surface area contributed by atoms with Crippen LogP contribution in [0.5, 0.6) is 5.75 Å². The van der Waals surface area contributed by atoms with Gasteiger partial charge in [0, 0.05) is 23.4 Å². The molecule has 0 saturated carbocycles. The molecule has 1 aliphatic rings. The summed E-state index contributed by atoms with van der Waals surface area (Å²) in [7, 11) is -4.81. The first-order chi connectivity index (χ1) is 14.2. The van der Waals surface area contributed by atoms with Crippen molar-refractivity contribution in [3.63, 3.8) is 0 Å². The normalized spacial score (nSPS) is 15.4. The summed E-state index contributed by atoms with van der Waals surface area (Å²) in [6.07, 6.45) is 2.21. The number of benzene rings is 1. The zero-order valence-corrected chi connectivity index (χ0v) is 17.1. The van der Waals surface area contributed by atoms with Crippen LogP contribution < -0.4 is 4.74 Å². The maximum absolute atomic E-state index is 14.8. The molecule has 12 heteroatoms. The molecule has 0 aliphatic carbocycles. The van der Waals surface area contributed by atoms with E-state index in [0.29, 0.717) is 0 Å². The molecule has 3 rings (SSSR count). The zero-order valence-electron chi connectivity index (χ0n) is 16.3. The Hall–Kier alpha value is -3.15. The molecular formula is C19H15F4NO6S. The van der Waals surface area contributed by atoms with Crippen LogP contribution in [-0.2, 0) is 19.0 Å². The summed E-state index contributed by atoms with van der Waals surface area (Å²) in [6, 6.07) is 4.66. The van der Waals surface area contributed by atoms with Gasteiger partial charge in [-0.1, -0.05) is 6.07 Å². The number of rotatable bonds is 4. The van der Waals surface area contributed by atoms with Gasteiger partial charge in [0.15, 0.2) is 5.76 Å². The molecule has 1 aromatic heterocycles. The highest BCUT2D eigenvalue weighted by Crippen LogP contribution is 2.42. The Bertz CT molecular complexity index is 1170. The number of carbonyl (C=O) groups is 1. The van der Waals surface area contributed by atoms with Gasteiger partial charge in [0.2, 0.25) is 0 Å². The Morgan fingerprint density at radius 2 is 1.84 bits per heavy atom. The van der Waals surface area contributed by atoms with Crippen molar-refractivity contribution in [2.45, 2.75) is 25.0 Å². The number of pyridine rings is 1. The lowest BCUT2D eigenvalue weighted by atomic mass is 9.97. The lowest BCUT2D eigenvalue weighted by molar-refractivity contribution is -0.0510. The number of hydrogen-bond acceptors (Lipinski definition) is 7. The summed E-state index contributed by atoms with van der Waals surface area (Å²) in [4.78, 5) is 15.4. The van der Waals surface area contributed by atoms with Gasteiger partial charge in [-0.2, -0.15) is 21.6 Å². The summed E-state index contributed by atoms with van der Waals surface area (Å²) in [6.45, 7) is 2.91. The van der Waals surface area contributed by atoms with E-state index in [2.05, 4.69) is 13.9 Å². The van der Waals surface area contributed by atoms with Crippen molar-refractivity contribution in [1.82, 2.24) is 4.98 Å². The van der Waals surface area contributed by atoms with Crippen LogP contribution in [0.15, 0.2) is 36.5 Å². The van der Waals surface area contributed by atoms with Gasteiger partial charge >= 0.3 is 21.6 Å². The van der Waals surface area contributed by atoms with Gasteiger partial charge in [0.05, 0.1) is 12.7 Å². The highest BCUT2D eigenvalue weighted by Gasteiger charge is 2.49. The number of halogens is 4. The SMILES string of the molecule is COC(=O)c1ccc(-c2cc3c(cc2F)C(OS(=O)(=O)C(F)(F)F)=CC(C)(C)O3)cn1. The van der Waals surface area contributed by atoms with Crippen molar-refractivity contribution in [3.05, 3.63) is 53.6 Å². The Labute approximate surface area is 174 Å². The van der Waals surface area contributed by atoms with Gasteiger partial charge in [-0.25, -0.2) is 14.2 Å². The van der Waals surface area contributed by atoms with Crippen molar-refractivity contribution in [3.8, 4) is 16.9 Å². The fourth-order valence-corrected chi connectivity index (χ4v) is 3.24. The molecule has 2 heterocycles. The van der Waals surface area contributed by atoms with E-state index in [1.165, 1.54) is 45.4 Å². The highest BCUT2D eigenvalue weighted by atomic mass is 32.2. The van der Waals surface area contributed by atoms with Crippen molar-refractivity contribution >= 4 is 21.8 Å². The van der Waals surface area contributed by atoms with Gasteiger partial charge in [0.1, 0.15) is 22.9 Å². The molecule has 0 radical (unpaired) electrons. The number of hydrogen-bond donors (Lipinski definition) is 0. The molecule has 0 N–H and O–H groups in total. The molecule has 0 saturated heterocycles. The molecule has 1 aromatic carbocycles. The molecule has 1 aliphatic heterocycles. The lowest BCUT2D eigenvalue weighted by Gasteiger charge is -2.31. The average Bonchev–Trinajstić information content (AvgIpc) is 2.66. The first-order valence-electron chi connectivity index (χ1n) is 8.55. The number of alkyl halides is 3. The minimum atomic E-state index is -5.98. The maximum atomic E-state index is 14.8. The van der Waals surface area contributed by atoms with E-state index in [-0.39, 0.29) is 28.1 Å². The van der Waals surface area contributed by atoms with Crippen molar-refractivity contribution in [2.75, 3.05) is 7.11 Å². The molecule has 0 spiro atoms. The smallest absolute Gasteiger partial charge is 0.483 e. The molecule has 31 heavy (non-hydrogen) atoms. The second-order valence-electron chi connectivity index (χ2n) is 6.95. The van der Waals surface area contributed by atoms with Crippen molar-refractivity contribution < 1.29 is 44.4 Å². The van der Waals surface area contributed by atoms with Crippen LogP contribution in [0.25, 0.3) is 16.9 Å². The van der Waals surface area contributed by atoms with Crippen molar-refractivity contribution in [2.24, 2.45) is 0 Å². The van der Waals surface area contributed by atoms with E-state index in [4.69, 9.17) is 4.74 Å². The monoisotopic (exact) mass is 461 g/mol. The topological polar surface area (TPSA) is 91.8 Å². The number of carbonyl (C=O) groups excluding carboxylic acids is 1. The van der Waals surface area contributed by atoms with Crippen LogP contribution in [0.2, 0.25) is 0 Å². The predicted molar refractivity (Wildman–Crippen MR) is 99.7 cm³/mol. The van der Waals surface area contributed by atoms with E-state index in [0.717, 1.165) is 12.1 Å². The quantitative estimate of drug-likeness (QED) is 0.294. The first-order valence-corrected chi connectivity index (χ1v) is 9.96. The molecule has 0 atom stereocenters. The number of esters is 1. The summed E-state index contributed by atoms with van der Waals surface area (Å²) in [5.74, 6) is -2.42. The van der Waals surface area contributed by atoms with Gasteiger partial charge in [0.25, 0.3) is 0 Å². The third-order valence-corrected chi connectivity index (χ3v) is 5.10. The third-order valence-electron chi connectivity index (χ3n) is 4.14. The van der Waals surface area contributed by atoms with Crippen LogP contribution in [0.1, 0.15) is 29.9 Å². The Balaban J connectivity index is 2.06. The number of fused-ring (bicyclic) bond motifs is 1. The number of aromatic nitrogens is 1. The van der Waals surface area contributed by atoms with Crippen LogP contribution >= 0.6 is 0 Å². The molecule has 0 unspecified atom stereocenters. The van der Waals surface area contributed by atoms with E-state index >= 15 is 0 Å². The van der Waals surface area contributed by atoms with E-state index < -0.39 is 38.8 Å². The van der Waals surface area contributed by atoms with Crippen molar-refractivity contribution in [1.29, 1.82) is 0 Å². The molecule has 7 nitrogen and oxygen atoms in total. The van der Waals surface area contributed by atoms with Gasteiger partial charge in [-0.3, -0.25) is 0 Å². The standard InChI is InChI=1S/C19H15F4NO6S/c1-18(2)8-16(30-31(26,27)19(21,22)23)12-6-13(20)11(7-15(12)29-18)10-4-5-14(24-9-10)17(25)28-3/h4-9H,1-3H3. The Kier molecular flexibility index (Phi) is 5.47. The third kappa shape index (κ3) is 4.48. The molecule has 0 fully saturated rings. The molecular weight excluding hydrogens is 446 g/mol. The van der Waals surface area contributed by atoms with Gasteiger partial charge in [-0.15, -0.1) is 0 Å². The summed E-state index contributed by atoms with van der Waals surface area (Å²) in [5, 5.41) is 0.